The van der Waals surface area contributed by atoms with E-state index in [0.29, 0.717) is 18.4 Å². The Balaban J connectivity index is 1.61. The van der Waals surface area contributed by atoms with Crippen LogP contribution < -0.4 is 10.9 Å². The summed E-state index contributed by atoms with van der Waals surface area (Å²) in [4.78, 5) is 33.4. The number of amides is 1. The van der Waals surface area contributed by atoms with Crippen LogP contribution in [0.15, 0.2) is 78.0 Å². The Morgan fingerprint density at radius 1 is 0.931 bits per heavy atom. The lowest BCUT2D eigenvalue weighted by molar-refractivity contribution is -0.122. The average Bonchev–Trinajstić information content (AvgIpc) is 2.77. The van der Waals surface area contributed by atoms with Crippen molar-refractivity contribution in [3.05, 3.63) is 100 Å². The fourth-order valence-corrected chi connectivity index (χ4v) is 3.12. The molecule has 0 atom stereocenters. The van der Waals surface area contributed by atoms with Gasteiger partial charge in [-0.15, -0.1) is 0 Å². The van der Waals surface area contributed by atoms with E-state index in [4.69, 9.17) is 0 Å². The van der Waals surface area contributed by atoms with Gasteiger partial charge in [-0.05, 0) is 35.9 Å². The van der Waals surface area contributed by atoms with Gasteiger partial charge in [0.25, 0.3) is 5.56 Å². The first-order chi connectivity index (χ1) is 14.2. The molecule has 1 aromatic carbocycles. The van der Waals surface area contributed by atoms with Crippen molar-refractivity contribution in [1.29, 1.82) is 0 Å². The van der Waals surface area contributed by atoms with Gasteiger partial charge in [-0.2, -0.15) is 5.10 Å². The molecule has 3 aromatic heterocycles. The lowest BCUT2D eigenvalue weighted by Gasteiger charge is -2.11. The number of fused-ring (bicyclic) bond motifs is 1. The zero-order valence-electron chi connectivity index (χ0n) is 15.7. The minimum absolute atomic E-state index is 0.153. The van der Waals surface area contributed by atoms with Gasteiger partial charge in [-0.1, -0.05) is 24.3 Å². The summed E-state index contributed by atoms with van der Waals surface area (Å²) < 4.78 is 1.23. The zero-order valence-corrected chi connectivity index (χ0v) is 15.7. The van der Waals surface area contributed by atoms with Crippen LogP contribution in [-0.2, 0) is 24.3 Å². The molecule has 0 fully saturated rings. The highest BCUT2D eigenvalue weighted by Gasteiger charge is 2.13. The largest absolute Gasteiger partial charge is 0.349 e. The third kappa shape index (κ3) is 4.35. The van der Waals surface area contributed by atoms with Crippen molar-refractivity contribution in [3.63, 3.8) is 0 Å². The monoisotopic (exact) mass is 385 g/mol. The third-order valence-corrected chi connectivity index (χ3v) is 4.55. The second-order valence-corrected chi connectivity index (χ2v) is 6.59. The standard InChI is InChI=1S/C22H19N5O2/c28-21(25-14-17-5-3-4-10-24-17)15-27-22(29)19-7-2-1-6-18(19)20(26-27)13-16-8-11-23-12-9-16/h1-12H,13-15H2,(H,25,28). The molecule has 0 aliphatic rings. The van der Waals surface area contributed by atoms with Crippen molar-refractivity contribution in [2.24, 2.45) is 0 Å². The fraction of sp³-hybridized carbons (Fsp3) is 0.136. The van der Waals surface area contributed by atoms with Crippen LogP contribution in [0.1, 0.15) is 17.0 Å². The normalized spacial score (nSPS) is 10.8. The summed E-state index contributed by atoms with van der Waals surface area (Å²) in [6, 6.07) is 16.6. The Kier molecular flexibility index (Phi) is 5.38. The van der Waals surface area contributed by atoms with E-state index in [9.17, 15) is 9.59 Å². The highest BCUT2D eigenvalue weighted by molar-refractivity contribution is 5.84. The molecule has 144 valence electrons. The summed E-state index contributed by atoms with van der Waals surface area (Å²) in [5.74, 6) is -0.296. The molecule has 0 aliphatic heterocycles. The molecule has 0 saturated carbocycles. The van der Waals surface area contributed by atoms with Gasteiger partial charge in [0.1, 0.15) is 6.54 Å². The van der Waals surface area contributed by atoms with Crippen LogP contribution in [0.4, 0.5) is 0 Å². The minimum Gasteiger partial charge on any atom is -0.349 e. The van der Waals surface area contributed by atoms with Crippen molar-refractivity contribution < 1.29 is 4.79 Å². The van der Waals surface area contributed by atoms with E-state index in [1.54, 1.807) is 24.7 Å². The van der Waals surface area contributed by atoms with Crippen molar-refractivity contribution in [1.82, 2.24) is 25.1 Å². The van der Waals surface area contributed by atoms with E-state index >= 15 is 0 Å². The predicted octanol–water partition coefficient (Wildman–Crippen LogP) is 2.09. The van der Waals surface area contributed by atoms with Crippen LogP contribution in [0.2, 0.25) is 0 Å². The van der Waals surface area contributed by atoms with E-state index in [1.807, 2.05) is 48.5 Å². The molecule has 4 rings (SSSR count). The highest BCUT2D eigenvalue weighted by atomic mass is 16.2. The van der Waals surface area contributed by atoms with Crippen LogP contribution in [0.25, 0.3) is 10.8 Å². The quantitative estimate of drug-likeness (QED) is 0.549. The van der Waals surface area contributed by atoms with E-state index in [2.05, 4.69) is 20.4 Å². The number of carbonyl (C=O) groups excluding carboxylic acids is 1. The molecular weight excluding hydrogens is 366 g/mol. The maximum absolute atomic E-state index is 12.8. The minimum atomic E-state index is -0.296. The molecule has 4 aromatic rings. The molecule has 0 saturated heterocycles. The smallest absolute Gasteiger partial charge is 0.275 e. The highest BCUT2D eigenvalue weighted by Crippen LogP contribution is 2.16. The maximum Gasteiger partial charge on any atom is 0.275 e. The van der Waals surface area contributed by atoms with Crippen LogP contribution in [-0.4, -0.2) is 25.7 Å². The Morgan fingerprint density at radius 2 is 1.69 bits per heavy atom. The van der Waals surface area contributed by atoms with Gasteiger partial charge in [-0.3, -0.25) is 19.6 Å². The van der Waals surface area contributed by atoms with Gasteiger partial charge >= 0.3 is 0 Å². The summed E-state index contributed by atoms with van der Waals surface area (Å²) in [5, 5.41) is 8.62. The topological polar surface area (TPSA) is 89.8 Å². The lowest BCUT2D eigenvalue weighted by atomic mass is 10.1. The van der Waals surface area contributed by atoms with Crippen molar-refractivity contribution in [2.45, 2.75) is 19.5 Å². The van der Waals surface area contributed by atoms with Gasteiger partial charge in [0, 0.05) is 30.4 Å². The summed E-state index contributed by atoms with van der Waals surface area (Å²) >= 11 is 0. The van der Waals surface area contributed by atoms with Crippen molar-refractivity contribution in [2.75, 3.05) is 0 Å². The summed E-state index contributed by atoms with van der Waals surface area (Å²) in [7, 11) is 0. The SMILES string of the molecule is O=C(Cn1nc(Cc2ccncc2)c2ccccc2c1=O)NCc1ccccn1. The Labute approximate surface area is 167 Å². The first-order valence-corrected chi connectivity index (χ1v) is 9.25. The molecule has 0 unspecified atom stereocenters. The number of hydrogen-bond acceptors (Lipinski definition) is 5. The second kappa shape index (κ2) is 8.43. The molecule has 1 N–H and O–H groups in total. The number of carbonyl (C=O) groups is 1. The molecule has 0 bridgehead atoms. The number of rotatable bonds is 6. The van der Waals surface area contributed by atoms with Crippen LogP contribution in [0, 0.1) is 0 Å². The van der Waals surface area contributed by atoms with E-state index in [-0.39, 0.29) is 18.0 Å². The van der Waals surface area contributed by atoms with Crippen molar-refractivity contribution in [3.8, 4) is 0 Å². The zero-order chi connectivity index (χ0) is 20.1. The maximum atomic E-state index is 12.8. The Morgan fingerprint density at radius 3 is 2.45 bits per heavy atom. The molecule has 0 spiro atoms. The molecule has 7 heteroatoms. The first kappa shape index (κ1) is 18.5. The second-order valence-electron chi connectivity index (χ2n) is 6.59. The number of aromatic nitrogens is 4. The van der Waals surface area contributed by atoms with E-state index in [1.165, 1.54) is 4.68 Å². The van der Waals surface area contributed by atoms with Gasteiger partial charge in [0.2, 0.25) is 5.91 Å². The van der Waals surface area contributed by atoms with Crippen molar-refractivity contribution >= 4 is 16.7 Å². The van der Waals surface area contributed by atoms with E-state index in [0.717, 1.165) is 22.3 Å². The molecule has 1 amide bonds. The number of pyridine rings is 2. The number of nitrogens with one attached hydrogen (secondary N) is 1. The van der Waals surface area contributed by atoms with Gasteiger partial charge < -0.3 is 5.32 Å². The molecule has 7 nitrogen and oxygen atoms in total. The predicted molar refractivity (Wildman–Crippen MR) is 109 cm³/mol. The lowest BCUT2D eigenvalue weighted by Crippen LogP contribution is -2.34. The molecule has 29 heavy (non-hydrogen) atoms. The Bertz CT molecular complexity index is 1190. The molecular formula is C22H19N5O2. The van der Waals surface area contributed by atoms with Crippen LogP contribution >= 0.6 is 0 Å². The molecule has 0 radical (unpaired) electrons. The number of benzene rings is 1. The number of hydrogen-bond donors (Lipinski definition) is 1. The fourth-order valence-electron chi connectivity index (χ4n) is 3.12. The summed E-state index contributed by atoms with van der Waals surface area (Å²) in [5.41, 5.74) is 2.23. The Hall–Kier alpha value is -3.87. The summed E-state index contributed by atoms with van der Waals surface area (Å²) in [6.07, 6.45) is 5.65. The van der Waals surface area contributed by atoms with Crippen LogP contribution in [0.5, 0.6) is 0 Å². The molecule has 0 aliphatic carbocycles. The van der Waals surface area contributed by atoms with Gasteiger partial charge in [0.05, 0.1) is 23.3 Å². The van der Waals surface area contributed by atoms with E-state index < -0.39 is 0 Å². The average molecular weight is 385 g/mol. The summed E-state index contributed by atoms with van der Waals surface area (Å²) in [6.45, 7) is 0.145. The molecule has 3 heterocycles. The number of nitrogens with zero attached hydrogens (tertiary/aromatic N) is 4. The van der Waals surface area contributed by atoms with Gasteiger partial charge in [0.15, 0.2) is 0 Å². The first-order valence-electron chi connectivity index (χ1n) is 9.25. The van der Waals surface area contributed by atoms with Crippen LogP contribution in [0.3, 0.4) is 0 Å². The third-order valence-electron chi connectivity index (χ3n) is 4.55. The van der Waals surface area contributed by atoms with Gasteiger partial charge in [-0.25, -0.2) is 4.68 Å².